The molecule has 0 aliphatic carbocycles. The van der Waals surface area contributed by atoms with Crippen LogP contribution < -0.4 is 14.8 Å². The van der Waals surface area contributed by atoms with Crippen LogP contribution in [-0.2, 0) is 16.0 Å². The second kappa shape index (κ2) is 9.75. The third-order valence-corrected chi connectivity index (χ3v) is 6.86. The predicted octanol–water partition coefficient (Wildman–Crippen LogP) is 3.84. The van der Waals surface area contributed by atoms with Gasteiger partial charge in [-0.2, -0.15) is 0 Å². The molecule has 2 aliphatic rings. The Morgan fingerprint density at radius 2 is 2.16 bits per heavy atom. The summed E-state index contributed by atoms with van der Waals surface area (Å²) in [6.45, 7) is 2.51. The zero-order valence-electron chi connectivity index (χ0n) is 16.8. The molecule has 1 N–H and O–H groups in total. The molecule has 8 nitrogen and oxygen atoms in total. The molecule has 2 aliphatic heterocycles. The molecular weight excluding hydrogens is 456 g/mol. The van der Waals surface area contributed by atoms with Crippen molar-refractivity contribution in [2.24, 2.45) is 0 Å². The Bertz CT molecular complexity index is 1050. The minimum Gasteiger partial charge on any atom is -0.454 e. The summed E-state index contributed by atoms with van der Waals surface area (Å²) in [5.41, 5.74) is 0.817. The Morgan fingerprint density at radius 3 is 3.00 bits per heavy atom. The highest BCUT2D eigenvalue weighted by Crippen LogP contribution is 2.36. The van der Waals surface area contributed by atoms with Gasteiger partial charge in [-0.3, -0.25) is 14.5 Å². The normalized spacial score (nSPS) is 16.4. The van der Waals surface area contributed by atoms with E-state index in [9.17, 15) is 9.59 Å². The number of benzene rings is 1. The molecule has 3 heterocycles. The average Bonchev–Trinajstić information content (AvgIpc) is 3.45. The molecule has 1 fully saturated rings. The first-order chi connectivity index (χ1) is 15.0. The number of carbonyl (C=O) groups is 2. The number of ether oxygens (including phenoxy) is 2. The summed E-state index contributed by atoms with van der Waals surface area (Å²) in [4.78, 5) is 27.0. The monoisotopic (exact) mass is 476 g/mol. The smallest absolute Gasteiger partial charge is 0.266 e. The van der Waals surface area contributed by atoms with E-state index < -0.39 is 0 Å². The lowest BCUT2D eigenvalue weighted by Gasteiger charge is -2.13. The van der Waals surface area contributed by atoms with Crippen LogP contribution in [0.15, 0.2) is 23.1 Å². The molecule has 2 amide bonds. The standard InChI is InChI=1S/C20H20N4O4S3/c1-2-3-4-17-22-23-19(31-17)21-16(25)7-8-24-18(26)15(30-20(24)29)10-12-5-6-13-14(9-12)28-11-27-13/h5-6,9-10H,2-4,7-8,11H2,1H3,(H,21,23,25). The van der Waals surface area contributed by atoms with Gasteiger partial charge < -0.3 is 14.8 Å². The number of unbranched alkanes of at least 4 members (excludes halogenated alkanes) is 1. The van der Waals surface area contributed by atoms with E-state index in [1.807, 2.05) is 12.1 Å². The Hall–Kier alpha value is -2.50. The summed E-state index contributed by atoms with van der Waals surface area (Å²) in [7, 11) is 0. The maximum absolute atomic E-state index is 12.8. The van der Waals surface area contributed by atoms with Gasteiger partial charge in [0, 0.05) is 19.4 Å². The van der Waals surface area contributed by atoms with Crippen molar-refractivity contribution in [1.82, 2.24) is 15.1 Å². The molecule has 1 saturated heterocycles. The molecule has 0 radical (unpaired) electrons. The van der Waals surface area contributed by atoms with Crippen molar-refractivity contribution in [2.45, 2.75) is 32.6 Å². The fraction of sp³-hybridized carbons (Fsp3) is 0.350. The van der Waals surface area contributed by atoms with Crippen molar-refractivity contribution in [3.8, 4) is 11.5 Å². The Labute approximate surface area is 193 Å². The molecule has 2 aromatic rings. The predicted molar refractivity (Wildman–Crippen MR) is 124 cm³/mol. The van der Waals surface area contributed by atoms with Crippen LogP contribution in [0.1, 0.15) is 36.8 Å². The molecule has 0 bridgehead atoms. The third-order valence-electron chi connectivity index (χ3n) is 4.59. The molecule has 0 saturated carbocycles. The Kier molecular flexibility index (Phi) is 6.83. The molecule has 31 heavy (non-hydrogen) atoms. The summed E-state index contributed by atoms with van der Waals surface area (Å²) >= 11 is 7.95. The van der Waals surface area contributed by atoms with Crippen LogP contribution in [0.2, 0.25) is 0 Å². The lowest BCUT2D eigenvalue weighted by atomic mass is 10.2. The number of thiocarbonyl (C=S) groups is 1. The number of fused-ring (bicyclic) bond motifs is 1. The number of rotatable bonds is 8. The van der Waals surface area contributed by atoms with E-state index >= 15 is 0 Å². The second-order valence-corrected chi connectivity index (χ2v) is 9.59. The topological polar surface area (TPSA) is 93.7 Å². The van der Waals surface area contributed by atoms with Gasteiger partial charge in [0.2, 0.25) is 17.8 Å². The molecule has 1 aromatic carbocycles. The maximum atomic E-state index is 12.8. The van der Waals surface area contributed by atoms with Gasteiger partial charge in [0.1, 0.15) is 9.33 Å². The molecule has 1 aromatic heterocycles. The fourth-order valence-corrected chi connectivity index (χ4v) is 5.08. The number of aryl methyl sites for hydroxylation is 1. The number of thioether (sulfide) groups is 1. The zero-order valence-corrected chi connectivity index (χ0v) is 19.2. The molecule has 0 spiro atoms. The fourth-order valence-electron chi connectivity index (χ4n) is 2.98. The summed E-state index contributed by atoms with van der Waals surface area (Å²) in [5.74, 6) is 0.893. The van der Waals surface area contributed by atoms with Crippen LogP contribution in [0.5, 0.6) is 11.5 Å². The van der Waals surface area contributed by atoms with Crippen molar-refractivity contribution in [3.05, 3.63) is 33.7 Å². The van der Waals surface area contributed by atoms with Gasteiger partial charge in [0.15, 0.2) is 11.5 Å². The van der Waals surface area contributed by atoms with Crippen LogP contribution in [-0.4, -0.2) is 44.6 Å². The van der Waals surface area contributed by atoms with Crippen molar-refractivity contribution >= 4 is 62.7 Å². The third kappa shape index (κ3) is 5.23. The summed E-state index contributed by atoms with van der Waals surface area (Å²) in [6.07, 6.45) is 4.86. The van der Waals surface area contributed by atoms with Gasteiger partial charge in [-0.15, -0.1) is 10.2 Å². The van der Waals surface area contributed by atoms with Gasteiger partial charge in [0.25, 0.3) is 5.91 Å². The lowest BCUT2D eigenvalue weighted by Crippen LogP contribution is -2.31. The largest absolute Gasteiger partial charge is 0.454 e. The molecule has 0 unspecified atom stereocenters. The lowest BCUT2D eigenvalue weighted by molar-refractivity contribution is -0.122. The molecule has 0 atom stereocenters. The maximum Gasteiger partial charge on any atom is 0.266 e. The quantitative estimate of drug-likeness (QED) is 0.454. The minimum atomic E-state index is -0.230. The van der Waals surface area contributed by atoms with Crippen LogP contribution in [0, 0.1) is 0 Å². The van der Waals surface area contributed by atoms with Crippen molar-refractivity contribution in [3.63, 3.8) is 0 Å². The van der Waals surface area contributed by atoms with Gasteiger partial charge >= 0.3 is 0 Å². The summed E-state index contributed by atoms with van der Waals surface area (Å²) < 4.78 is 11.1. The van der Waals surface area contributed by atoms with E-state index in [1.165, 1.54) is 28.0 Å². The van der Waals surface area contributed by atoms with Crippen molar-refractivity contribution in [2.75, 3.05) is 18.7 Å². The highest BCUT2D eigenvalue weighted by Gasteiger charge is 2.32. The molecule has 11 heteroatoms. The number of anilines is 1. The number of nitrogens with zero attached hydrogens (tertiary/aromatic N) is 3. The summed E-state index contributed by atoms with van der Waals surface area (Å²) in [6, 6.07) is 5.48. The van der Waals surface area contributed by atoms with E-state index in [2.05, 4.69) is 22.4 Å². The van der Waals surface area contributed by atoms with Crippen LogP contribution in [0.25, 0.3) is 6.08 Å². The van der Waals surface area contributed by atoms with E-state index in [4.69, 9.17) is 21.7 Å². The number of nitrogens with one attached hydrogen (secondary N) is 1. The van der Waals surface area contributed by atoms with Crippen LogP contribution in [0.4, 0.5) is 5.13 Å². The average molecular weight is 477 g/mol. The van der Waals surface area contributed by atoms with Gasteiger partial charge in [0.05, 0.1) is 4.91 Å². The first-order valence-electron chi connectivity index (χ1n) is 9.80. The highest BCUT2D eigenvalue weighted by molar-refractivity contribution is 8.26. The number of hydrogen-bond donors (Lipinski definition) is 1. The number of aromatic nitrogens is 2. The first kappa shape index (κ1) is 21.7. The van der Waals surface area contributed by atoms with Crippen LogP contribution in [0.3, 0.4) is 0 Å². The summed E-state index contributed by atoms with van der Waals surface area (Å²) in [5, 5.41) is 12.2. The number of carbonyl (C=O) groups excluding carboxylic acids is 2. The van der Waals surface area contributed by atoms with Crippen LogP contribution >= 0.6 is 35.3 Å². The van der Waals surface area contributed by atoms with Gasteiger partial charge in [-0.25, -0.2) is 0 Å². The minimum absolute atomic E-state index is 0.119. The Morgan fingerprint density at radius 1 is 1.32 bits per heavy atom. The van der Waals surface area contributed by atoms with E-state index in [0.29, 0.717) is 25.9 Å². The number of hydrogen-bond acceptors (Lipinski definition) is 9. The zero-order chi connectivity index (χ0) is 21.8. The van der Waals surface area contributed by atoms with Crippen molar-refractivity contribution in [1.29, 1.82) is 0 Å². The van der Waals surface area contributed by atoms with Crippen molar-refractivity contribution < 1.29 is 19.1 Å². The second-order valence-electron chi connectivity index (χ2n) is 6.85. The van der Waals surface area contributed by atoms with E-state index in [0.717, 1.165) is 29.8 Å². The molecule has 4 rings (SSSR count). The molecular formula is C20H20N4O4S3. The number of amides is 2. The first-order valence-corrected chi connectivity index (χ1v) is 11.8. The SMILES string of the molecule is CCCCc1nnc(NC(=O)CCN2C(=O)C(=Cc3ccc4c(c3)OCO4)SC2=S)s1. The van der Waals surface area contributed by atoms with Gasteiger partial charge in [-0.05, 0) is 30.2 Å². The highest BCUT2D eigenvalue weighted by atomic mass is 32.2. The van der Waals surface area contributed by atoms with E-state index in [1.54, 1.807) is 12.1 Å². The van der Waals surface area contributed by atoms with Gasteiger partial charge in [-0.1, -0.05) is 54.7 Å². The molecule has 162 valence electrons. The Balaban J connectivity index is 1.33. The van der Waals surface area contributed by atoms with E-state index in [-0.39, 0.29) is 31.6 Å².